The van der Waals surface area contributed by atoms with Gasteiger partial charge in [0.05, 0.1) is 0 Å². The standard InChI is InChI=1S/C11H26O3Si/c1-11(2,3)15(4,5)14-10(6-8-12)7-9-13/h10,12-13H,6-9H2,1-5H3. The summed E-state index contributed by atoms with van der Waals surface area (Å²) in [4.78, 5) is 0. The Hall–Kier alpha value is 0.0969. The van der Waals surface area contributed by atoms with E-state index < -0.39 is 8.32 Å². The molecule has 92 valence electrons. The summed E-state index contributed by atoms with van der Waals surface area (Å²) in [6.45, 7) is 11.2. The topological polar surface area (TPSA) is 49.7 Å². The molecule has 0 heterocycles. The molecule has 0 radical (unpaired) electrons. The van der Waals surface area contributed by atoms with Gasteiger partial charge < -0.3 is 14.6 Å². The van der Waals surface area contributed by atoms with Crippen LogP contribution in [0, 0.1) is 0 Å². The molecule has 0 aliphatic heterocycles. The zero-order valence-corrected chi connectivity index (χ0v) is 11.7. The van der Waals surface area contributed by atoms with E-state index in [0.29, 0.717) is 12.8 Å². The molecular weight excluding hydrogens is 208 g/mol. The summed E-state index contributed by atoms with van der Waals surface area (Å²) in [5, 5.41) is 18.0. The first-order valence-corrected chi connectivity index (χ1v) is 8.55. The van der Waals surface area contributed by atoms with Crippen molar-refractivity contribution in [1.29, 1.82) is 0 Å². The van der Waals surface area contributed by atoms with E-state index >= 15 is 0 Å². The third-order valence-corrected chi connectivity index (χ3v) is 7.70. The van der Waals surface area contributed by atoms with Gasteiger partial charge in [-0.05, 0) is 31.0 Å². The highest BCUT2D eigenvalue weighted by Crippen LogP contribution is 2.37. The van der Waals surface area contributed by atoms with Gasteiger partial charge in [0.25, 0.3) is 0 Å². The molecule has 0 saturated carbocycles. The SMILES string of the molecule is CC(C)(C)[Si](C)(C)OC(CCO)CCO. The molecule has 0 amide bonds. The minimum atomic E-state index is -1.76. The number of aliphatic hydroxyl groups is 2. The first-order valence-electron chi connectivity index (χ1n) is 5.64. The van der Waals surface area contributed by atoms with E-state index in [-0.39, 0.29) is 24.4 Å². The van der Waals surface area contributed by atoms with Gasteiger partial charge in [-0.2, -0.15) is 0 Å². The van der Waals surface area contributed by atoms with Crippen molar-refractivity contribution < 1.29 is 14.6 Å². The van der Waals surface area contributed by atoms with E-state index in [1.807, 2.05) is 0 Å². The van der Waals surface area contributed by atoms with Gasteiger partial charge in [-0.15, -0.1) is 0 Å². The van der Waals surface area contributed by atoms with Gasteiger partial charge in [-0.3, -0.25) is 0 Å². The molecule has 0 spiro atoms. The van der Waals surface area contributed by atoms with Crippen LogP contribution in [-0.2, 0) is 4.43 Å². The lowest BCUT2D eigenvalue weighted by atomic mass is 10.2. The summed E-state index contributed by atoms with van der Waals surface area (Å²) in [6, 6.07) is 0. The molecule has 2 N–H and O–H groups in total. The Morgan fingerprint density at radius 2 is 1.47 bits per heavy atom. The predicted octanol–water partition coefficient (Wildman–Crippen LogP) is 2.14. The van der Waals surface area contributed by atoms with Gasteiger partial charge in [0.15, 0.2) is 8.32 Å². The molecule has 0 unspecified atom stereocenters. The molecule has 4 heteroatoms. The third-order valence-electron chi connectivity index (χ3n) is 3.17. The van der Waals surface area contributed by atoms with Crippen LogP contribution in [0.2, 0.25) is 18.1 Å². The Bertz CT molecular complexity index is 169. The Kier molecular flexibility index (Phi) is 6.03. The lowest BCUT2D eigenvalue weighted by molar-refractivity contribution is 0.111. The minimum Gasteiger partial charge on any atom is -0.414 e. The van der Waals surface area contributed by atoms with Crippen molar-refractivity contribution in [1.82, 2.24) is 0 Å². The van der Waals surface area contributed by atoms with Gasteiger partial charge in [-0.1, -0.05) is 20.8 Å². The predicted molar refractivity (Wildman–Crippen MR) is 65.5 cm³/mol. The maximum atomic E-state index is 8.92. The fraction of sp³-hybridized carbons (Fsp3) is 1.00. The summed E-state index contributed by atoms with van der Waals surface area (Å²) in [5.74, 6) is 0. The van der Waals surface area contributed by atoms with Crippen molar-refractivity contribution >= 4 is 8.32 Å². The van der Waals surface area contributed by atoms with Crippen molar-refractivity contribution in [2.24, 2.45) is 0 Å². The number of hydrogen-bond donors (Lipinski definition) is 2. The van der Waals surface area contributed by atoms with Crippen LogP contribution in [0.25, 0.3) is 0 Å². The highest BCUT2D eigenvalue weighted by Gasteiger charge is 2.38. The molecule has 0 atom stereocenters. The van der Waals surface area contributed by atoms with Crippen LogP contribution in [0.4, 0.5) is 0 Å². The second-order valence-electron chi connectivity index (χ2n) is 5.52. The van der Waals surface area contributed by atoms with Gasteiger partial charge in [-0.25, -0.2) is 0 Å². The Balaban J connectivity index is 4.37. The number of aliphatic hydroxyl groups excluding tert-OH is 2. The third kappa shape index (κ3) is 5.11. The molecule has 0 fully saturated rings. The minimum absolute atomic E-state index is 0.000826. The summed E-state index contributed by atoms with van der Waals surface area (Å²) in [5.41, 5.74) is 0. The lowest BCUT2D eigenvalue weighted by Gasteiger charge is -2.39. The van der Waals surface area contributed by atoms with E-state index in [0.717, 1.165) is 0 Å². The molecule has 0 aromatic carbocycles. The maximum absolute atomic E-state index is 8.92. The van der Waals surface area contributed by atoms with Crippen LogP contribution in [0.1, 0.15) is 33.6 Å². The van der Waals surface area contributed by atoms with Crippen molar-refractivity contribution in [3.63, 3.8) is 0 Å². The van der Waals surface area contributed by atoms with E-state index in [1.54, 1.807) is 0 Å². The number of rotatable bonds is 6. The van der Waals surface area contributed by atoms with Gasteiger partial charge in [0.2, 0.25) is 0 Å². The smallest absolute Gasteiger partial charge is 0.192 e. The highest BCUT2D eigenvalue weighted by molar-refractivity contribution is 6.74. The summed E-state index contributed by atoms with van der Waals surface area (Å²) in [6.07, 6.45) is 1.24. The number of hydrogen-bond acceptors (Lipinski definition) is 3. The fourth-order valence-electron chi connectivity index (χ4n) is 1.14. The largest absolute Gasteiger partial charge is 0.414 e. The summed E-state index contributed by atoms with van der Waals surface area (Å²) < 4.78 is 6.10. The van der Waals surface area contributed by atoms with E-state index in [2.05, 4.69) is 33.9 Å². The van der Waals surface area contributed by atoms with Crippen molar-refractivity contribution in [2.75, 3.05) is 13.2 Å². The molecule has 3 nitrogen and oxygen atoms in total. The van der Waals surface area contributed by atoms with Crippen molar-refractivity contribution in [3.8, 4) is 0 Å². The zero-order valence-electron chi connectivity index (χ0n) is 10.7. The molecular formula is C11H26O3Si. The maximum Gasteiger partial charge on any atom is 0.192 e. The van der Waals surface area contributed by atoms with Crippen molar-refractivity contribution in [3.05, 3.63) is 0 Å². The van der Waals surface area contributed by atoms with Crippen LogP contribution in [0.5, 0.6) is 0 Å². The molecule has 0 rings (SSSR count). The normalized spacial score (nSPS) is 13.6. The average Bonchev–Trinajstić information content (AvgIpc) is 2.02. The molecule has 0 aliphatic rings. The van der Waals surface area contributed by atoms with Crippen LogP contribution in [0.15, 0.2) is 0 Å². The first kappa shape index (κ1) is 15.1. The Morgan fingerprint density at radius 1 is 1.07 bits per heavy atom. The van der Waals surface area contributed by atoms with Crippen molar-refractivity contribution in [2.45, 2.75) is 57.8 Å². The van der Waals surface area contributed by atoms with E-state index in [4.69, 9.17) is 14.6 Å². The van der Waals surface area contributed by atoms with Crippen LogP contribution < -0.4 is 0 Å². The monoisotopic (exact) mass is 234 g/mol. The first-order chi connectivity index (χ1) is 6.74. The Labute approximate surface area is 94.6 Å². The quantitative estimate of drug-likeness (QED) is 0.692. The average molecular weight is 234 g/mol. The van der Waals surface area contributed by atoms with E-state index in [1.165, 1.54) is 0 Å². The van der Waals surface area contributed by atoms with Crippen LogP contribution in [0.3, 0.4) is 0 Å². The van der Waals surface area contributed by atoms with Gasteiger partial charge >= 0.3 is 0 Å². The molecule has 0 aromatic rings. The highest BCUT2D eigenvalue weighted by atomic mass is 28.4. The summed E-state index contributed by atoms with van der Waals surface area (Å²) in [7, 11) is -1.76. The summed E-state index contributed by atoms with van der Waals surface area (Å²) >= 11 is 0. The van der Waals surface area contributed by atoms with Crippen LogP contribution in [-0.4, -0.2) is 37.8 Å². The molecule has 0 aromatic heterocycles. The van der Waals surface area contributed by atoms with Crippen LogP contribution >= 0.6 is 0 Å². The zero-order chi connectivity index (χ0) is 12.1. The fourth-order valence-corrected chi connectivity index (χ4v) is 2.57. The lowest BCUT2D eigenvalue weighted by Crippen LogP contribution is -2.44. The molecule has 0 saturated heterocycles. The second kappa shape index (κ2) is 5.99. The molecule has 15 heavy (non-hydrogen) atoms. The molecule has 0 bridgehead atoms. The molecule has 0 aliphatic carbocycles. The van der Waals surface area contributed by atoms with Gasteiger partial charge in [0.1, 0.15) is 0 Å². The Morgan fingerprint density at radius 3 is 1.73 bits per heavy atom. The van der Waals surface area contributed by atoms with Gasteiger partial charge in [0, 0.05) is 19.3 Å². The second-order valence-corrected chi connectivity index (χ2v) is 10.3. The van der Waals surface area contributed by atoms with E-state index in [9.17, 15) is 0 Å².